The van der Waals surface area contributed by atoms with E-state index in [0.717, 1.165) is 69.8 Å². The van der Waals surface area contributed by atoms with Crippen molar-refractivity contribution < 1.29 is 14.4 Å². The summed E-state index contributed by atoms with van der Waals surface area (Å²) >= 11 is 0. The van der Waals surface area contributed by atoms with E-state index in [1.807, 2.05) is 36.4 Å². The lowest BCUT2D eigenvalue weighted by Gasteiger charge is -2.38. The maximum absolute atomic E-state index is 13.1. The second kappa shape index (κ2) is 12.6. The molecule has 4 aromatic rings. The van der Waals surface area contributed by atoms with Crippen LogP contribution in [0.25, 0.3) is 16.6 Å². The molecule has 0 radical (unpaired) electrons. The number of hydrogen-bond donors (Lipinski definition) is 1. The van der Waals surface area contributed by atoms with Crippen LogP contribution in [-0.4, -0.2) is 80.8 Å². The lowest BCUT2D eigenvalue weighted by atomic mass is 9.87. The summed E-state index contributed by atoms with van der Waals surface area (Å²) < 4.78 is 1.55. The highest BCUT2D eigenvalue weighted by molar-refractivity contribution is 6.05. The number of para-hydroxylation sites is 1. The molecule has 8 rings (SSSR count). The van der Waals surface area contributed by atoms with Crippen LogP contribution in [0.3, 0.4) is 0 Å². The number of anilines is 1. The van der Waals surface area contributed by atoms with Crippen LogP contribution in [0.1, 0.15) is 65.9 Å². The molecular weight excluding hydrogens is 606 g/mol. The molecule has 0 saturated carbocycles. The average molecular weight is 646 g/mol. The number of amides is 3. The lowest BCUT2D eigenvalue weighted by molar-refractivity contribution is -0.136. The SMILES string of the molecule is O=C1CCC(N2Cc3cc(C4CCN(CC5CCN(c6ccc(-n7cnc8ccccc8c7=O)cn6)CC5)CC4)ccc3C2=O)C(=O)N1. The fourth-order valence-corrected chi connectivity index (χ4v) is 7.97. The van der Waals surface area contributed by atoms with E-state index < -0.39 is 6.04 Å². The van der Waals surface area contributed by atoms with Crippen molar-refractivity contribution in [2.24, 2.45) is 5.92 Å². The van der Waals surface area contributed by atoms with Gasteiger partial charge in [0.05, 0.1) is 22.8 Å². The van der Waals surface area contributed by atoms with Gasteiger partial charge in [-0.3, -0.25) is 29.1 Å². The largest absolute Gasteiger partial charge is 0.357 e. The number of imide groups is 1. The summed E-state index contributed by atoms with van der Waals surface area (Å²) in [6, 6.07) is 16.9. The topological polar surface area (TPSA) is 121 Å². The van der Waals surface area contributed by atoms with E-state index >= 15 is 0 Å². The van der Waals surface area contributed by atoms with Crippen molar-refractivity contribution in [3.63, 3.8) is 0 Å². The van der Waals surface area contributed by atoms with Crippen molar-refractivity contribution in [3.05, 3.63) is 94.2 Å². The number of carbonyl (C=O) groups excluding carboxylic acids is 3. The molecule has 4 aliphatic rings. The Labute approximate surface area is 278 Å². The molecule has 2 aromatic heterocycles. The molecule has 3 fully saturated rings. The van der Waals surface area contributed by atoms with E-state index in [0.29, 0.717) is 47.0 Å². The predicted molar refractivity (Wildman–Crippen MR) is 181 cm³/mol. The molecule has 4 aliphatic heterocycles. The molecular formula is C37H39N7O4. The zero-order valence-electron chi connectivity index (χ0n) is 26.9. The normalized spacial score (nSPS) is 21.2. The van der Waals surface area contributed by atoms with E-state index in [-0.39, 0.29) is 29.7 Å². The molecule has 2 aromatic carbocycles. The fraction of sp³-hybridized carbons (Fsp3) is 0.405. The quantitative estimate of drug-likeness (QED) is 0.316. The molecule has 11 nitrogen and oxygen atoms in total. The summed E-state index contributed by atoms with van der Waals surface area (Å²) in [5, 5.41) is 2.97. The number of hydrogen-bond acceptors (Lipinski definition) is 8. The van der Waals surface area contributed by atoms with Crippen molar-refractivity contribution in [3.8, 4) is 5.69 Å². The second-order valence-corrected chi connectivity index (χ2v) is 13.6. The van der Waals surface area contributed by atoms with E-state index in [1.165, 1.54) is 5.56 Å². The molecule has 0 spiro atoms. The van der Waals surface area contributed by atoms with Gasteiger partial charge in [0.25, 0.3) is 11.5 Å². The minimum atomic E-state index is -0.580. The first-order valence-electron chi connectivity index (χ1n) is 17.1. The molecule has 3 saturated heterocycles. The standard InChI is InChI=1S/C37H39N7O4/c45-34-10-8-32(35(46)40-34)43-22-27-19-26(5-7-29(27)36(43)47)25-13-15-41(16-14-25)21-24-11-17-42(18-12-24)33-9-6-28(20-38-33)44-23-39-31-4-2-1-3-30(31)37(44)48/h1-7,9,19-20,23-25,32H,8,10-18,21-22H2,(H,40,45,46). The Morgan fingerprint density at radius 3 is 2.42 bits per heavy atom. The Balaban J connectivity index is 0.821. The zero-order chi connectivity index (χ0) is 32.8. The summed E-state index contributed by atoms with van der Waals surface area (Å²) in [5.74, 6) is 1.30. The van der Waals surface area contributed by atoms with Crippen molar-refractivity contribution in [2.75, 3.05) is 37.6 Å². The van der Waals surface area contributed by atoms with Gasteiger partial charge in [0.2, 0.25) is 11.8 Å². The summed E-state index contributed by atoms with van der Waals surface area (Å²) in [5.41, 5.74) is 4.25. The van der Waals surface area contributed by atoms with Gasteiger partial charge < -0.3 is 14.7 Å². The Morgan fingerprint density at radius 1 is 0.833 bits per heavy atom. The molecule has 48 heavy (non-hydrogen) atoms. The first-order valence-corrected chi connectivity index (χ1v) is 17.1. The predicted octanol–water partition coefficient (Wildman–Crippen LogP) is 3.64. The van der Waals surface area contributed by atoms with Gasteiger partial charge in [0.1, 0.15) is 18.2 Å². The molecule has 246 valence electrons. The number of rotatable bonds is 6. The van der Waals surface area contributed by atoms with Crippen molar-refractivity contribution in [1.82, 2.24) is 29.7 Å². The third-order valence-corrected chi connectivity index (χ3v) is 10.7. The molecule has 1 atom stereocenters. The fourth-order valence-electron chi connectivity index (χ4n) is 7.97. The molecule has 1 N–H and O–H groups in total. The van der Waals surface area contributed by atoms with Crippen LogP contribution < -0.4 is 15.8 Å². The molecule has 0 aliphatic carbocycles. The Hall–Kier alpha value is -4.90. The van der Waals surface area contributed by atoms with Gasteiger partial charge >= 0.3 is 0 Å². The van der Waals surface area contributed by atoms with Gasteiger partial charge in [-0.15, -0.1) is 0 Å². The van der Waals surface area contributed by atoms with Gasteiger partial charge in [-0.2, -0.15) is 0 Å². The number of nitrogens with one attached hydrogen (secondary N) is 1. The van der Waals surface area contributed by atoms with Crippen LogP contribution in [0.4, 0.5) is 5.82 Å². The van der Waals surface area contributed by atoms with Crippen LogP contribution in [0, 0.1) is 5.92 Å². The number of carbonyl (C=O) groups is 3. The third kappa shape index (κ3) is 5.76. The third-order valence-electron chi connectivity index (χ3n) is 10.7. The first-order chi connectivity index (χ1) is 23.4. The number of nitrogens with zero attached hydrogens (tertiary/aromatic N) is 6. The Morgan fingerprint density at radius 2 is 1.65 bits per heavy atom. The van der Waals surface area contributed by atoms with Gasteiger partial charge in [0, 0.05) is 38.2 Å². The maximum Gasteiger partial charge on any atom is 0.265 e. The van der Waals surface area contributed by atoms with E-state index in [2.05, 4.69) is 32.2 Å². The van der Waals surface area contributed by atoms with E-state index in [1.54, 1.807) is 28.1 Å². The first kappa shape index (κ1) is 30.4. The average Bonchev–Trinajstić information content (AvgIpc) is 3.44. The second-order valence-electron chi connectivity index (χ2n) is 13.6. The van der Waals surface area contributed by atoms with E-state index in [9.17, 15) is 19.2 Å². The van der Waals surface area contributed by atoms with Crippen LogP contribution >= 0.6 is 0 Å². The van der Waals surface area contributed by atoms with Crippen molar-refractivity contribution in [2.45, 2.75) is 57.0 Å². The number of piperidine rings is 3. The number of aromatic nitrogens is 3. The summed E-state index contributed by atoms with van der Waals surface area (Å²) in [6.07, 6.45) is 8.41. The molecule has 1 unspecified atom stereocenters. The number of fused-ring (bicyclic) bond motifs is 2. The highest BCUT2D eigenvalue weighted by atomic mass is 16.2. The van der Waals surface area contributed by atoms with Crippen molar-refractivity contribution in [1.29, 1.82) is 0 Å². The van der Waals surface area contributed by atoms with Crippen LogP contribution in [0.15, 0.2) is 71.9 Å². The maximum atomic E-state index is 13.1. The highest BCUT2D eigenvalue weighted by Crippen LogP contribution is 2.34. The van der Waals surface area contributed by atoms with Gasteiger partial charge in [-0.1, -0.05) is 24.3 Å². The zero-order valence-corrected chi connectivity index (χ0v) is 26.9. The molecule has 11 heteroatoms. The minimum absolute atomic E-state index is 0.0952. The molecule has 6 heterocycles. The highest BCUT2D eigenvalue weighted by Gasteiger charge is 2.39. The van der Waals surface area contributed by atoms with E-state index in [4.69, 9.17) is 4.98 Å². The summed E-state index contributed by atoms with van der Waals surface area (Å²) in [6.45, 7) is 5.60. The van der Waals surface area contributed by atoms with Crippen molar-refractivity contribution >= 4 is 34.4 Å². The van der Waals surface area contributed by atoms with Crippen LogP contribution in [0.5, 0.6) is 0 Å². The molecule has 0 bridgehead atoms. The Bertz CT molecular complexity index is 1940. The van der Waals surface area contributed by atoms with Gasteiger partial charge in [-0.25, -0.2) is 9.97 Å². The number of pyridine rings is 1. The lowest BCUT2D eigenvalue weighted by Crippen LogP contribution is -2.52. The number of benzene rings is 2. The summed E-state index contributed by atoms with van der Waals surface area (Å²) in [7, 11) is 0. The summed E-state index contributed by atoms with van der Waals surface area (Å²) in [4.78, 5) is 65.8. The number of likely N-dealkylation sites (tertiary alicyclic amines) is 1. The minimum Gasteiger partial charge on any atom is -0.357 e. The van der Waals surface area contributed by atoms with Gasteiger partial charge in [-0.05, 0) is 98.5 Å². The monoisotopic (exact) mass is 645 g/mol. The Kier molecular flexibility index (Phi) is 7.99. The van der Waals surface area contributed by atoms with Crippen LogP contribution in [0.2, 0.25) is 0 Å². The smallest absolute Gasteiger partial charge is 0.265 e. The van der Waals surface area contributed by atoms with Gasteiger partial charge in [0.15, 0.2) is 0 Å². The molecule has 3 amide bonds. The van der Waals surface area contributed by atoms with Crippen LogP contribution in [-0.2, 0) is 16.1 Å².